The molecule has 0 bridgehead atoms. The van der Waals surface area contributed by atoms with E-state index in [-0.39, 0.29) is 44.7 Å². The van der Waals surface area contributed by atoms with E-state index >= 15 is 0 Å². The van der Waals surface area contributed by atoms with Gasteiger partial charge in [0.05, 0.1) is 33.4 Å². The van der Waals surface area contributed by atoms with Gasteiger partial charge in [0.1, 0.15) is 0 Å². The molecule has 516 valence electrons. The van der Waals surface area contributed by atoms with Crippen molar-refractivity contribution in [2.24, 2.45) is 0 Å². The predicted octanol–water partition coefficient (Wildman–Crippen LogP) is 22.5. The van der Waals surface area contributed by atoms with Gasteiger partial charge in [0, 0.05) is 61.5 Å². The van der Waals surface area contributed by atoms with Crippen molar-refractivity contribution in [2.45, 2.75) is 78.6 Å². The molecule has 0 radical (unpaired) electrons. The van der Waals surface area contributed by atoms with E-state index in [1.54, 1.807) is 4.57 Å². The van der Waals surface area contributed by atoms with Crippen molar-refractivity contribution in [3.63, 3.8) is 0 Å². The molecule has 0 unspecified atom stereocenters. The molecule has 107 heavy (non-hydrogen) atoms. The van der Waals surface area contributed by atoms with Gasteiger partial charge in [-0.3, -0.25) is 0 Å². The van der Waals surface area contributed by atoms with Gasteiger partial charge in [0.2, 0.25) is 0 Å². The molecule has 16 aromatic rings. The SMILES string of the molecule is [2H]c1c([2H])c([2H])c2c(c1[2H])c1c([2H])c([2H])c([2H])c([2H])c1n2-c1ccc2c(c1)N(c1c(-c3ccccc3)cc(C(C)(C)C)cc1-c1ccccc1)c1cc(C(C)(C)C)cc3c1B2c1ccc(-c2ccc([Si](c4ccccc4)(c4ccccc4)c4ccccc4)cc2)cc1N3c1c(-c2ccccc2)cc(C(C)(C)C)cc1-c1ccccc1. The van der Waals surface area contributed by atoms with E-state index in [9.17, 15) is 8.22 Å². The highest BCUT2D eigenvalue weighted by molar-refractivity contribution is 7.20. The van der Waals surface area contributed by atoms with Crippen molar-refractivity contribution in [1.82, 2.24) is 4.57 Å². The number of hydrogen-bond donors (Lipinski definition) is 0. The average molecular weight is 1400 g/mol. The van der Waals surface area contributed by atoms with Crippen molar-refractivity contribution in [1.29, 1.82) is 0 Å². The van der Waals surface area contributed by atoms with Crippen LogP contribution < -0.4 is 46.9 Å². The van der Waals surface area contributed by atoms with Crippen LogP contribution in [0.4, 0.5) is 34.1 Å². The summed E-state index contributed by atoms with van der Waals surface area (Å²) < 4.78 is 77.5. The van der Waals surface area contributed by atoms with Crippen LogP contribution in [0.2, 0.25) is 0 Å². The third-order valence-corrected chi connectivity index (χ3v) is 27.0. The topological polar surface area (TPSA) is 11.4 Å². The molecule has 0 atom stereocenters. The number of aromatic nitrogens is 1. The van der Waals surface area contributed by atoms with E-state index in [0.717, 1.165) is 117 Å². The first-order chi connectivity index (χ1) is 55.3. The van der Waals surface area contributed by atoms with Crippen LogP contribution in [-0.2, 0) is 16.2 Å². The van der Waals surface area contributed by atoms with E-state index in [0.29, 0.717) is 5.69 Å². The number of para-hydroxylation sites is 2. The van der Waals surface area contributed by atoms with Gasteiger partial charge in [-0.2, -0.15) is 0 Å². The molecule has 0 spiro atoms. The summed E-state index contributed by atoms with van der Waals surface area (Å²) in [4.78, 5) is 5.09. The fourth-order valence-electron chi connectivity index (χ4n) is 16.8. The quantitative estimate of drug-likeness (QED) is 0.0892. The molecule has 2 aliphatic heterocycles. The molecule has 3 nitrogen and oxygen atoms in total. The van der Waals surface area contributed by atoms with Gasteiger partial charge in [-0.05, 0) is 170 Å². The molecule has 18 rings (SSSR count). The second-order valence-electron chi connectivity index (χ2n) is 31.8. The van der Waals surface area contributed by atoms with Gasteiger partial charge >= 0.3 is 0 Å². The molecule has 3 heterocycles. The zero-order valence-electron chi connectivity index (χ0n) is 69.9. The number of nitrogens with zero attached hydrogens (tertiary/aromatic N) is 3. The molecule has 0 N–H and O–H groups in total. The highest BCUT2D eigenvalue weighted by atomic mass is 28.3. The first kappa shape index (κ1) is 58.3. The Morgan fingerprint density at radius 3 is 0.981 bits per heavy atom. The lowest BCUT2D eigenvalue weighted by atomic mass is 9.33. The van der Waals surface area contributed by atoms with Crippen LogP contribution >= 0.6 is 0 Å². The highest BCUT2D eigenvalue weighted by Gasteiger charge is 2.47. The van der Waals surface area contributed by atoms with Gasteiger partial charge in [0.15, 0.2) is 8.07 Å². The van der Waals surface area contributed by atoms with Gasteiger partial charge < -0.3 is 14.4 Å². The van der Waals surface area contributed by atoms with Crippen LogP contribution in [-0.4, -0.2) is 19.4 Å². The summed E-state index contributed by atoms with van der Waals surface area (Å²) >= 11 is 0. The van der Waals surface area contributed by atoms with Crippen LogP contribution in [0.3, 0.4) is 0 Å². The molecule has 0 saturated carbocycles. The summed E-state index contributed by atoms with van der Waals surface area (Å²) in [6, 6.07) is 110. The fourth-order valence-corrected chi connectivity index (χ4v) is 21.6. The molecule has 15 aromatic carbocycles. The highest BCUT2D eigenvalue weighted by Crippen LogP contribution is 2.56. The molecule has 1 aromatic heterocycles. The second-order valence-corrected chi connectivity index (χ2v) is 35.6. The monoisotopic (exact) mass is 1400 g/mol. The van der Waals surface area contributed by atoms with Crippen LogP contribution in [0, 0.1) is 0 Å². The number of benzene rings is 15. The van der Waals surface area contributed by atoms with Crippen molar-refractivity contribution in [3.8, 4) is 61.3 Å². The van der Waals surface area contributed by atoms with E-state index in [1.807, 2.05) is 6.07 Å². The Hall–Kier alpha value is -12.0. The molecular weight excluding hydrogens is 1310 g/mol. The zero-order chi connectivity index (χ0) is 79.9. The average Bonchev–Trinajstić information content (AvgIpc) is 1.57. The summed E-state index contributed by atoms with van der Waals surface area (Å²) in [6.07, 6.45) is 0. The van der Waals surface area contributed by atoms with Crippen LogP contribution in [0.1, 0.15) is 90.0 Å². The lowest BCUT2D eigenvalue weighted by Gasteiger charge is -2.47. The Kier molecular flexibility index (Phi) is 14.3. The molecule has 5 heteroatoms. The Morgan fingerprint density at radius 1 is 0.290 bits per heavy atom. The maximum Gasteiger partial charge on any atom is 0.252 e. The minimum absolute atomic E-state index is 0.0138. The Labute approximate surface area is 643 Å². The van der Waals surface area contributed by atoms with Gasteiger partial charge in [-0.1, -0.05) is 353 Å². The summed E-state index contributed by atoms with van der Waals surface area (Å²) in [5.74, 6) is 0. The second kappa shape index (κ2) is 26.2. The Balaban J connectivity index is 1.01. The third kappa shape index (κ3) is 11.4. The maximum absolute atomic E-state index is 9.88. The number of rotatable bonds is 12. The molecule has 0 aliphatic carbocycles. The van der Waals surface area contributed by atoms with E-state index < -0.39 is 56.5 Å². The smallest absolute Gasteiger partial charge is 0.252 e. The molecule has 0 fully saturated rings. The predicted molar refractivity (Wildman–Crippen MR) is 462 cm³/mol. The maximum atomic E-state index is 9.88. The first-order valence-electron chi connectivity index (χ1n) is 41.3. The largest absolute Gasteiger partial charge is 0.310 e. The minimum Gasteiger partial charge on any atom is -0.310 e. The van der Waals surface area contributed by atoms with Gasteiger partial charge in [-0.15, -0.1) is 0 Å². The number of hydrogen-bond acceptors (Lipinski definition) is 2. The van der Waals surface area contributed by atoms with E-state index in [1.165, 1.54) is 26.3 Å². The lowest BCUT2D eigenvalue weighted by Crippen LogP contribution is -2.74. The summed E-state index contributed by atoms with van der Waals surface area (Å²) in [5.41, 5.74) is 21.8. The van der Waals surface area contributed by atoms with Crippen LogP contribution in [0.25, 0.3) is 83.1 Å². The molecule has 0 saturated heterocycles. The number of anilines is 6. The summed E-state index contributed by atoms with van der Waals surface area (Å²) in [5, 5.41) is 5.17. The lowest BCUT2D eigenvalue weighted by molar-refractivity contribution is 0.590. The Morgan fingerprint density at radius 2 is 0.607 bits per heavy atom. The Bertz CT molecular complexity index is 6250. The standard InChI is InChI=1S/C102H86BN3Si/c1-100(2,3)75-62-85(70-35-17-10-18-36-70)98(86(63-75)71-37-19-11-20-38-71)105-93-61-74(69-53-57-82(58-54-69)107(79-43-25-14-26-44-79,80-45-27-15-28-46-80)81-47-29-16-30-48-81)55-59-89(93)103-90-60-56-78(104-91-51-33-31-49-83(91)84-50-32-34-52-92(84)104)68-94(90)106(96-67-77(102(7,8)9)66-95(105)97(96)103)99-87(72-39-21-12-22-40-72)64-76(101(4,5)6)65-88(99)73-41-23-13-24-42-73/h10-68H,1-9H3/i31D,32D,33D,34D,49D,50D,51D,52D. The van der Waals surface area contributed by atoms with E-state index in [2.05, 4.69) is 375 Å². The van der Waals surface area contributed by atoms with Crippen LogP contribution in [0.15, 0.2) is 358 Å². The van der Waals surface area contributed by atoms with E-state index in [4.69, 9.17) is 2.74 Å². The molecular formula is C102H86BN3Si. The summed E-state index contributed by atoms with van der Waals surface area (Å²) in [7, 11) is -2.94. The van der Waals surface area contributed by atoms with Crippen LogP contribution in [0.5, 0.6) is 0 Å². The molecule has 2 aliphatic rings. The van der Waals surface area contributed by atoms with Crippen molar-refractivity contribution < 1.29 is 11.0 Å². The van der Waals surface area contributed by atoms with Gasteiger partial charge in [0.25, 0.3) is 6.71 Å². The summed E-state index contributed by atoms with van der Waals surface area (Å²) in [6.45, 7) is 20.1. The van der Waals surface area contributed by atoms with Crippen molar-refractivity contribution in [2.75, 3.05) is 9.80 Å². The normalized spacial score (nSPS) is 13.9. The first-order valence-corrected chi connectivity index (χ1v) is 39.3. The minimum atomic E-state index is -2.94. The van der Waals surface area contributed by atoms with Crippen molar-refractivity contribution in [3.05, 3.63) is 374 Å². The molecule has 0 amide bonds. The fraction of sp³-hybridized carbons (Fsp3) is 0.118. The zero-order valence-corrected chi connectivity index (χ0v) is 62.9. The van der Waals surface area contributed by atoms with Gasteiger partial charge in [-0.25, -0.2) is 0 Å². The van der Waals surface area contributed by atoms with Crippen molar-refractivity contribution >= 4 is 108 Å². The number of fused-ring (bicyclic) bond motifs is 7. The third-order valence-electron chi connectivity index (χ3n) is 22.2.